The molecule has 0 aliphatic rings. The molecule has 0 radical (unpaired) electrons. The number of carbonyl (C=O) groups is 1. The van der Waals surface area contributed by atoms with Gasteiger partial charge in [-0.05, 0) is 42.2 Å². The van der Waals surface area contributed by atoms with Gasteiger partial charge in [-0.3, -0.25) is 4.79 Å². The smallest absolute Gasteiger partial charge is 0.388 e. The van der Waals surface area contributed by atoms with Crippen LogP contribution < -0.4 is 15.2 Å². The Morgan fingerprint density at radius 3 is 2.41 bits per heavy atom. The highest BCUT2D eigenvalue weighted by Gasteiger charge is 2.19. The Kier molecular flexibility index (Phi) is 7.58. The third kappa shape index (κ3) is 5.51. The SMILES string of the molecule is CCCC(c1cnc(C(N)=O)nc1)c1cnc(OCC)c(-c2ccnc(OC(F)F)c2)c1. The zero-order valence-electron chi connectivity index (χ0n) is 17.7. The quantitative estimate of drug-likeness (QED) is 0.504. The maximum Gasteiger partial charge on any atom is 0.388 e. The largest absolute Gasteiger partial charge is 0.478 e. The minimum atomic E-state index is -2.98. The Morgan fingerprint density at radius 1 is 1.06 bits per heavy atom. The molecule has 1 atom stereocenters. The first kappa shape index (κ1) is 23.0. The van der Waals surface area contributed by atoms with Crippen molar-refractivity contribution >= 4 is 5.91 Å². The number of nitrogens with zero attached hydrogens (tertiary/aromatic N) is 4. The van der Waals surface area contributed by atoms with Crippen molar-refractivity contribution in [1.29, 1.82) is 0 Å². The van der Waals surface area contributed by atoms with Crippen molar-refractivity contribution in [3.05, 3.63) is 59.9 Å². The van der Waals surface area contributed by atoms with Crippen LogP contribution in [0.15, 0.2) is 43.0 Å². The summed E-state index contributed by atoms with van der Waals surface area (Å²) in [5.74, 6) is -0.708. The van der Waals surface area contributed by atoms with Crippen LogP contribution in [-0.4, -0.2) is 39.1 Å². The number of rotatable bonds is 10. The lowest BCUT2D eigenvalue weighted by molar-refractivity contribution is -0.0528. The monoisotopic (exact) mass is 443 g/mol. The molecule has 3 aromatic heterocycles. The lowest BCUT2D eigenvalue weighted by Crippen LogP contribution is -2.15. The van der Waals surface area contributed by atoms with Crippen LogP contribution in [0.5, 0.6) is 11.8 Å². The molecule has 10 heteroatoms. The number of nitrogens with two attached hydrogens (primary N) is 1. The van der Waals surface area contributed by atoms with Crippen LogP contribution in [0.4, 0.5) is 8.78 Å². The molecule has 2 N–H and O–H groups in total. The molecule has 0 spiro atoms. The molecule has 3 rings (SSSR count). The number of halogens is 2. The van der Waals surface area contributed by atoms with Crippen molar-refractivity contribution in [3.8, 4) is 22.9 Å². The van der Waals surface area contributed by atoms with Gasteiger partial charge in [0.05, 0.1) is 6.61 Å². The average molecular weight is 443 g/mol. The molecule has 1 unspecified atom stereocenters. The lowest BCUT2D eigenvalue weighted by Gasteiger charge is -2.19. The zero-order chi connectivity index (χ0) is 23.1. The van der Waals surface area contributed by atoms with Gasteiger partial charge in [-0.2, -0.15) is 8.78 Å². The number of amides is 1. The zero-order valence-corrected chi connectivity index (χ0v) is 17.7. The molecular formula is C22H23F2N5O3. The maximum absolute atomic E-state index is 12.6. The number of hydrogen-bond donors (Lipinski definition) is 1. The predicted octanol–water partition coefficient (Wildman–Crippen LogP) is 3.96. The fraction of sp³-hybridized carbons (Fsp3) is 0.318. The topological polar surface area (TPSA) is 113 Å². The van der Waals surface area contributed by atoms with E-state index in [2.05, 4.69) is 24.7 Å². The van der Waals surface area contributed by atoms with Gasteiger partial charge in [-0.15, -0.1) is 0 Å². The number of hydrogen-bond acceptors (Lipinski definition) is 7. The Bertz CT molecular complexity index is 1060. The van der Waals surface area contributed by atoms with E-state index >= 15 is 0 Å². The number of alkyl halides is 2. The molecule has 0 bridgehead atoms. The molecule has 0 saturated carbocycles. The highest BCUT2D eigenvalue weighted by atomic mass is 19.3. The van der Waals surface area contributed by atoms with E-state index in [0.717, 1.165) is 24.0 Å². The van der Waals surface area contributed by atoms with Gasteiger partial charge >= 0.3 is 6.61 Å². The minimum Gasteiger partial charge on any atom is -0.478 e. The van der Waals surface area contributed by atoms with Crippen molar-refractivity contribution in [2.75, 3.05) is 6.61 Å². The second kappa shape index (κ2) is 10.6. The second-order valence-electron chi connectivity index (χ2n) is 6.86. The summed E-state index contributed by atoms with van der Waals surface area (Å²) in [7, 11) is 0. The summed E-state index contributed by atoms with van der Waals surface area (Å²) in [5, 5.41) is 0. The third-order valence-corrected chi connectivity index (χ3v) is 4.68. The van der Waals surface area contributed by atoms with Crippen LogP contribution in [0.3, 0.4) is 0 Å². The number of primary amides is 1. The normalized spacial score (nSPS) is 11.9. The highest BCUT2D eigenvalue weighted by molar-refractivity contribution is 5.88. The van der Waals surface area contributed by atoms with Crippen molar-refractivity contribution in [2.45, 2.75) is 39.2 Å². The summed E-state index contributed by atoms with van der Waals surface area (Å²) in [6.07, 6.45) is 7.87. The van der Waals surface area contributed by atoms with E-state index in [9.17, 15) is 13.6 Å². The van der Waals surface area contributed by atoms with Crippen LogP contribution in [0.1, 0.15) is 54.4 Å². The minimum absolute atomic E-state index is 0.0575. The van der Waals surface area contributed by atoms with E-state index in [4.69, 9.17) is 10.5 Å². The first-order chi connectivity index (χ1) is 15.4. The molecule has 0 aliphatic carbocycles. The van der Waals surface area contributed by atoms with Crippen molar-refractivity contribution in [1.82, 2.24) is 19.9 Å². The molecule has 0 fully saturated rings. The van der Waals surface area contributed by atoms with Crippen LogP contribution in [-0.2, 0) is 0 Å². The Labute approximate surface area is 183 Å². The second-order valence-corrected chi connectivity index (χ2v) is 6.86. The first-order valence-electron chi connectivity index (χ1n) is 10.1. The summed E-state index contributed by atoms with van der Waals surface area (Å²) in [4.78, 5) is 27.7. The Morgan fingerprint density at radius 2 is 1.78 bits per heavy atom. The van der Waals surface area contributed by atoms with Crippen molar-refractivity contribution in [3.63, 3.8) is 0 Å². The van der Waals surface area contributed by atoms with Gasteiger partial charge in [0.1, 0.15) is 0 Å². The van der Waals surface area contributed by atoms with Crippen LogP contribution >= 0.6 is 0 Å². The van der Waals surface area contributed by atoms with Gasteiger partial charge in [0.2, 0.25) is 17.6 Å². The molecule has 3 aromatic rings. The first-order valence-corrected chi connectivity index (χ1v) is 10.1. The summed E-state index contributed by atoms with van der Waals surface area (Å²) in [5.41, 5.74) is 8.07. The lowest BCUT2D eigenvalue weighted by atomic mass is 9.89. The Balaban J connectivity index is 2.05. The molecule has 8 nitrogen and oxygen atoms in total. The fourth-order valence-electron chi connectivity index (χ4n) is 3.31. The van der Waals surface area contributed by atoms with Gasteiger partial charge in [0.25, 0.3) is 5.91 Å². The average Bonchev–Trinajstić information content (AvgIpc) is 2.78. The van der Waals surface area contributed by atoms with E-state index in [1.54, 1.807) is 24.7 Å². The van der Waals surface area contributed by atoms with E-state index in [1.165, 1.54) is 12.3 Å². The standard InChI is InChI=1S/C22H23F2N5O3/c1-3-5-16(15-11-27-20(19(25)30)28-12-15)14-8-17(21(29-10-14)31-4-2)13-6-7-26-18(9-13)32-22(23)24/h6-12,16,22H,3-5H2,1-2H3,(H2,25,30). The van der Waals surface area contributed by atoms with Gasteiger partial charge < -0.3 is 15.2 Å². The highest BCUT2D eigenvalue weighted by Crippen LogP contribution is 2.36. The maximum atomic E-state index is 12.6. The number of aromatic nitrogens is 4. The summed E-state index contributed by atoms with van der Waals surface area (Å²) >= 11 is 0. The van der Waals surface area contributed by atoms with Gasteiger partial charge in [0, 0.05) is 42.3 Å². The van der Waals surface area contributed by atoms with Crippen LogP contribution in [0, 0.1) is 0 Å². The third-order valence-electron chi connectivity index (χ3n) is 4.68. The molecule has 1 amide bonds. The number of carbonyl (C=O) groups excluding carboxylic acids is 1. The van der Waals surface area contributed by atoms with Crippen LogP contribution in [0.2, 0.25) is 0 Å². The predicted molar refractivity (Wildman–Crippen MR) is 113 cm³/mol. The van der Waals surface area contributed by atoms with E-state index in [-0.39, 0.29) is 17.6 Å². The molecule has 0 saturated heterocycles. The van der Waals surface area contributed by atoms with Crippen LogP contribution in [0.25, 0.3) is 11.1 Å². The Hall–Kier alpha value is -3.69. The van der Waals surface area contributed by atoms with Gasteiger partial charge in [-0.1, -0.05) is 13.3 Å². The molecular weight excluding hydrogens is 420 g/mol. The molecule has 0 aromatic carbocycles. The summed E-state index contributed by atoms with van der Waals surface area (Å²) in [6.45, 7) is 1.28. The van der Waals surface area contributed by atoms with Crippen molar-refractivity contribution in [2.24, 2.45) is 5.73 Å². The van der Waals surface area contributed by atoms with Gasteiger partial charge in [-0.25, -0.2) is 19.9 Å². The van der Waals surface area contributed by atoms with E-state index in [1.807, 2.05) is 19.9 Å². The van der Waals surface area contributed by atoms with Gasteiger partial charge in [0.15, 0.2) is 0 Å². The molecule has 3 heterocycles. The number of pyridine rings is 2. The summed E-state index contributed by atoms with van der Waals surface area (Å²) in [6, 6.07) is 4.97. The fourth-order valence-corrected chi connectivity index (χ4v) is 3.31. The molecule has 0 aliphatic heterocycles. The summed E-state index contributed by atoms with van der Waals surface area (Å²) < 4.78 is 35.4. The number of ether oxygens (including phenoxy) is 2. The van der Waals surface area contributed by atoms with Crippen molar-refractivity contribution < 1.29 is 23.0 Å². The van der Waals surface area contributed by atoms with E-state index < -0.39 is 12.5 Å². The molecule has 168 valence electrons. The van der Waals surface area contributed by atoms with E-state index in [0.29, 0.717) is 23.6 Å². The molecule has 32 heavy (non-hydrogen) atoms.